The summed E-state index contributed by atoms with van der Waals surface area (Å²) in [5.74, 6) is 0.481. The van der Waals surface area contributed by atoms with Crippen molar-refractivity contribution >= 4 is 29.0 Å². The number of urea groups is 1. The molecule has 7 heteroatoms. The minimum atomic E-state index is -0.435. The average Bonchev–Trinajstić information content (AvgIpc) is 3.31. The van der Waals surface area contributed by atoms with E-state index in [1.54, 1.807) is 35.5 Å². The second kappa shape index (κ2) is 8.02. The monoisotopic (exact) mass is 359 g/mol. The molecule has 0 bridgehead atoms. The first-order valence-electron chi connectivity index (χ1n) is 8.20. The van der Waals surface area contributed by atoms with Crippen LogP contribution in [0, 0.1) is 0 Å². The lowest BCUT2D eigenvalue weighted by molar-refractivity contribution is -0.124. The van der Waals surface area contributed by atoms with E-state index in [9.17, 15) is 9.59 Å². The molecule has 1 aromatic heterocycles. The van der Waals surface area contributed by atoms with Gasteiger partial charge in [0.2, 0.25) is 5.91 Å². The molecule has 3 rings (SSSR count). The summed E-state index contributed by atoms with van der Waals surface area (Å²) in [6, 6.07) is 10.4. The zero-order valence-electron chi connectivity index (χ0n) is 14.0. The zero-order valence-corrected chi connectivity index (χ0v) is 14.8. The molecule has 2 aromatic rings. The molecule has 1 aromatic carbocycles. The zero-order chi connectivity index (χ0) is 17.6. The van der Waals surface area contributed by atoms with E-state index in [0.29, 0.717) is 30.9 Å². The van der Waals surface area contributed by atoms with E-state index in [1.807, 2.05) is 29.6 Å². The van der Waals surface area contributed by atoms with Crippen molar-refractivity contribution in [2.45, 2.75) is 25.4 Å². The number of hydrogen-bond donors (Lipinski definition) is 2. The van der Waals surface area contributed by atoms with Crippen molar-refractivity contribution in [3.8, 4) is 5.75 Å². The van der Waals surface area contributed by atoms with E-state index >= 15 is 0 Å². The molecule has 1 fully saturated rings. The van der Waals surface area contributed by atoms with Gasteiger partial charge in [-0.1, -0.05) is 18.2 Å². The lowest BCUT2D eigenvalue weighted by Gasteiger charge is -2.24. The number of amides is 3. The van der Waals surface area contributed by atoms with Crippen molar-refractivity contribution in [3.05, 3.63) is 46.7 Å². The molecule has 0 aliphatic carbocycles. The fourth-order valence-electron chi connectivity index (χ4n) is 2.92. The maximum absolute atomic E-state index is 12.6. The summed E-state index contributed by atoms with van der Waals surface area (Å²) in [7, 11) is 1.56. The average molecular weight is 359 g/mol. The summed E-state index contributed by atoms with van der Waals surface area (Å²) in [4.78, 5) is 27.8. The molecule has 2 N–H and O–H groups in total. The third-order valence-electron chi connectivity index (χ3n) is 4.18. The number of hydrogen-bond acceptors (Lipinski definition) is 4. The number of carbonyl (C=O) groups is 2. The minimum Gasteiger partial charge on any atom is -0.495 e. The van der Waals surface area contributed by atoms with Gasteiger partial charge in [0.1, 0.15) is 11.8 Å². The molecule has 25 heavy (non-hydrogen) atoms. The summed E-state index contributed by atoms with van der Waals surface area (Å²) in [6.07, 6.45) is 1.49. The molecule has 2 heterocycles. The van der Waals surface area contributed by atoms with Crippen LogP contribution in [0.15, 0.2) is 41.8 Å². The van der Waals surface area contributed by atoms with Gasteiger partial charge in [-0.25, -0.2) is 4.79 Å². The minimum absolute atomic E-state index is 0.110. The Balaban J connectivity index is 1.62. The second-order valence-electron chi connectivity index (χ2n) is 5.78. The third kappa shape index (κ3) is 4.11. The SMILES string of the molecule is COc1ccccc1NC(=O)N1CCC[C@H]1C(=O)NCc1cccs1. The Morgan fingerprint density at radius 1 is 1.28 bits per heavy atom. The number of methoxy groups -OCH3 is 1. The van der Waals surface area contributed by atoms with Gasteiger partial charge in [0, 0.05) is 11.4 Å². The fourth-order valence-corrected chi connectivity index (χ4v) is 3.57. The van der Waals surface area contributed by atoms with Crippen LogP contribution in [-0.2, 0) is 11.3 Å². The standard InChI is InChI=1S/C18H21N3O3S/c1-24-16-9-3-2-7-14(16)20-18(23)21-10-4-8-15(21)17(22)19-12-13-6-5-11-25-13/h2-3,5-7,9,11,15H,4,8,10,12H2,1H3,(H,19,22)(H,20,23)/t15-/m0/s1. The molecule has 0 spiro atoms. The fraction of sp³-hybridized carbons (Fsp3) is 0.333. The molecular weight excluding hydrogens is 338 g/mol. The number of anilines is 1. The van der Waals surface area contributed by atoms with E-state index in [0.717, 1.165) is 11.3 Å². The predicted molar refractivity (Wildman–Crippen MR) is 97.9 cm³/mol. The van der Waals surface area contributed by atoms with Crippen LogP contribution >= 0.6 is 11.3 Å². The van der Waals surface area contributed by atoms with Crippen LogP contribution in [0.25, 0.3) is 0 Å². The van der Waals surface area contributed by atoms with E-state index in [1.165, 1.54) is 0 Å². The molecule has 0 unspecified atom stereocenters. The highest BCUT2D eigenvalue weighted by Crippen LogP contribution is 2.25. The Morgan fingerprint density at radius 2 is 2.12 bits per heavy atom. The smallest absolute Gasteiger partial charge is 0.322 e. The van der Waals surface area contributed by atoms with Crippen LogP contribution in [0.5, 0.6) is 5.75 Å². The van der Waals surface area contributed by atoms with Crippen LogP contribution in [0.4, 0.5) is 10.5 Å². The lowest BCUT2D eigenvalue weighted by atomic mass is 10.2. The van der Waals surface area contributed by atoms with E-state index in [4.69, 9.17) is 4.74 Å². The Labute approximate surface area is 150 Å². The number of thiophene rings is 1. The third-order valence-corrected chi connectivity index (χ3v) is 5.06. The van der Waals surface area contributed by atoms with Gasteiger partial charge in [0.15, 0.2) is 0 Å². The normalized spacial score (nSPS) is 16.5. The second-order valence-corrected chi connectivity index (χ2v) is 6.81. The molecule has 132 valence electrons. The molecule has 1 saturated heterocycles. The van der Waals surface area contributed by atoms with E-state index in [2.05, 4.69) is 10.6 Å². The van der Waals surface area contributed by atoms with Gasteiger partial charge in [0.25, 0.3) is 0 Å². The number of para-hydroxylation sites is 2. The van der Waals surface area contributed by atoms with Gasteiger partial charge >= 0.3 is 6.03 Å². The largest absolute Gasteiger partial charge is 0.495 e. The van der Waals surface area contributed by atoms with E-state index in [-0.39, 0.29) is 11.9 Å². The molecule has 1 atom stereocenters. The number of nitrogens with one attached hydrogen (secondary N) is 2. The quantitative estimate of drug-likeness (QED) is 0.862. The topological polar surface area (TPSA) is 70.7 Å². The maximum Gasteiger partial charge on any atom is 0.322 e. The van der Waals surface area contributed by atoms with Gasteiger partial charge in [0.05, 0.1) is 19.3 Å². The highest BCUT2D eigenvalue weighted by Gasteiger charge is 2.34. The first-order chi connectivity index (χ1) is 12.2. The molecule has 6 nitrogen and oxygen atoms in total. The summed E-state index contributed by atoms with van der Waals surface area (Å²) < 4.78 is 5.25. The molecule has 3 amide bonds. The van der Waals surface area contributed by atoms with Crippen LogP contribution in [-0.4, -0.2) is 36.5 Å². The van der Waals surface area contributed by atoms with Crippen molar-refractivity contribution in [2.24, 2.45) is 0 Å². The van der Waals surface area contributed by atoms with Crippen molar-refractivity contribution in [3.63, 3.8) is 0 Å². The first kappa shape index (κ1) is 17.3. The summed E-state index contributed by atoms with van der Waals surface area (Å²) in [6.45, 7) is 1.06. The number of ether oxygens (including phenoxy) is 1. The highest BCUT2D eigenvalue weighted by molar-refractivity contribution is 7.09. The maximum atomic E-state index is 12.6. The number of likely N-dealkylation sites (tertiary alicyclic amines) is 1. The molecular formula is C18H21N3O3S. The molecule has 1 aliphatic heterocycles. The van der Waals surface area contributed by atoms with Crippen LogP contribution < -0.4 is 15.4 Å². The molecule has 0 saturated carbocycles. The van der Waals surface area contributed by atoms with E-state index < -0.39 is 6.04 Å². The first-order valence-corrected chi connectivity index (χ1v) is 9.07. The molecule has 1 aliphatic rings. The Kier molecular flexibility index (Phi) is 5.55. The van der Waals surface area contributed by atoms with Crippen molar-refractivity contribution in [2.75, 3.05) is 19.0 Å². The number of benzene rings is 1. The highest BCUT2D eigenvalue weighted by atomic mass is 32.1. The van der Waals surface area contributed by atoms with Gasteiger partial charge in [-0.2, -0.15) is 0 Å². The predicted octanol–water partition coefficient (Wildman–Crippen LogP) is 3.07. The van der Waals surface area contributed by atoms with Gasteiger partial charge < -0.3 is 20.3 Å². The van der Waals surface area contributed by atoms with Crippen molar-refractivity contribution in [1.29, 1.82) is 0 Å². The lowest BCUT2D eigenvalue weighted by Crippen LogP contribution is -2.47. The summed E-state index contributed by atoms with van der Waals surface area (Å²) in [5.41, 5.74) is 0.597. The van der Waals surface area contributed by atoms with Crippen LogP contribution in [0.2, 0.25) is 0 Å². The summed E-state index contributed by atoms with van der Waals surface area (Å²) >= 11 is 1.60. The van der Waals surface area contributed by atoms with Crippen LogP contribution in [0.3, 0.4) is 0 Å². The van der Waals surface area contributed by atoms with Gasteiger partial charge in [-0.15, -0.1) is 11.3 Å². The molecule has 0 radical (unpaired) electrons. The van der Waals surface area contributed by atoms with Crippen molar-refractivity contribution in [1.82, 2.24) is 10.2 Å². The number of rotatable bonds is 5. The Morgan fingerprint density at radius 3 is 2.88 bits per heavy atom. The van der Waals surface area contributed by atoms with Gasteiger partial charge in [-0.05, 0) is 36.4 Å². The van der Waals surface area contributed by atoms with Crippen LogP contribution in [0.1, 0.15) is 17.7 Å². The Bertz CT molecular complexity index is 733. The number of carbonyl (C=O) groups excluding carboxylic acids is 2. The van der Waals surface area contributed by atoms with Gasteiger partial charge in [-0.3, -0.25) is 4.79 Å². The summed E-state index contributed by atoms with van der Waals surface area (Å²) in [5, 5.41) is 7.74. The van der Waals surface area contributed by atoms with Crippen molar-refractivity contribution < 1.29 is 14.3 Å². The number of nitrogens with zero attached hydrogens (tertiary/aromatic N) is 1. The Hall–Kier alpha value is -2.54.